The molecule has 1 fully saturated rings. The molecule has 0 amide bonds. The second-order valence-corrected chi connectivity index (χ2v) is 5.33. The zero-order chi connectivity index (χ0) is 12.3. The molecular weight excluding hydrogens is 286 g/mol. The fourth-order valence-corrected chi connectivity index (χ4v) is 2.71. The Morgan fingerprint density at radius 1 is 1.59 bits per heavy atom. The molecule has 1 aliphatic rings. The van der Waals surface area contributed by atoms with Crippen molar-refractivity contribution < 1.29 is 14.3 Å². The number of furan rings is 1. The van der Waals surface area contributed by atoms with Crippen molar-refractivity contribution in [3.8, 4) is 0 Å². The Bertz CT molecular complexity index is 391. The van der Waals surface area contributed by atoms with E-state index in [4.69, 9.17) is 9.52 Å². The summed E-state index contributed by atoms with van der Waals surface area (Å²) < 4.78 is 6.20. The predicted molar refractivity (Wildman–Crippen MR) is 66.7 cm³/mol. The van der Waals surface area contributed by atoms with Crippen LogP contribution in [0.15, 0.2) is 21.2 Å². The van der Waals surface area contributed by atoms with Gasteiger partial charge in [-0.05, 0) is 53.4 Å². The van der Waals surface area contributed by atoms with Gasteiger partial charge in [-0.25, -0.2) is 0 Å². The van der Waals surface area contributed by atoms with E-state index in [1.165, 1.54) is 0 Å². The smallest absolute Gasteiger partial charge is 0.303 e. The maximum absolute atomic E-state index is 10.7. The van der Waals surface area contributed by atoms with Crippen LogP contribution < -0.4 is 0 Å². The minimum atomic E-state index is -0.697. The molecule has 4 nitrogen and oxygen atoms in total. The van der Waals surface area contributed by atoms with Crippen LogP contribution in [0.5, 0.6) is 0 Å². The lowest BCUT2D eigenvalue weighted by Gasteiger charge is -2.31. The van der Waals surface area contributed by atoms with E-state index in [9.17, 15) is 4.79 Å². The summed E-state index contributed by atoms with van der Waals surface area (Å²) in [6, 6.07) is 3.83. The van der Waals surface area contributed by atoms with Crippen LogP contribution in [0, 0.1) is 5.92 Å². The number of hydrogen-bond acceptors (Lipinski definition) is 3. The highest BCUT2D eigenvalue weighted by Gasteiger charge is 2.22. The summed E-state index contributed by atoms with van der Waals surface area (Å²) >= 11 is 3.28. The maximum atomic E-state index is 10.7. The molecule has 0 aromatic carbocycles. The van der Waals surface area contributed by atoms with Crippen LogP contribution in [0.3, 0.4) is 0 Å². The zero-order valence-electron chi connectivity index (χ0n) is 9.56. The Hall–Kier alpha value is -0.810. The van der Waals surface area contributed by atoms with Crippen molar-refractivity contribution in [2.24, 2.45) is 5.92 Å². The van der Waals surface area contributed by atoms with E-state index >= 15 is 0 Å². The normalized spacial score (nSPS) is 21.6. The van der Waals surface area contributed by atoms with Crippen molar-refractivity contribution in [2.45, 2.75) is 25.8 Å². The van der Waals surface area contributed by atoms with Crippen LogP contribution in [-0.4, -0.2) is 29.1 Å². The third kappa shape index (κ3) is 3.85. The molecule has 1 aromatic heterocycles. The van der Waals surface area contributed by atoms with Gasteiger partial charge in [0.1, 0.15) is 5.76 Å². The van der Waals surface area contributed by atoms with E-state index in [1.807, 2.05) is 12.1 Å². The van der Waals surface area contributed by atoms with Crippen LogP contribution in [0.4, 0.5) is 0 Å². The molecule has 1 N–H and O–H groups in total. The number of likely N-dealkylation sites (tertiary alicyclic amines) is 1. The Kier molecular flexibility index (Phi) is 4.23. The molecule has 1 aliphatic heterocycles. The van der Waals surface area contributed by atoms with Crippen molar-refractivity contribution >= 4 is 21.9 Å². The van der Waals surface area contributed by atoms with Gasteiger partial charge in [-0.1, -0.05) is 0 Å². The molecule has 94 valence electrons. The van der Waals surface area contributed by atoms with Gasteiger partial charge in [0.25, 0.3) is 0 Å². The fraction of sp³-hybridized carbons (Fsp3) is 0.583. The number of carboxylic acids is 1. The second kappa shape index (κ2) is 5.69. The quantitative estimate of drug-likeness (QED) is 0.929. The third-order valence-electron chi connectivity index (χ3n) is 3.07. The first-order chi connectivity index (χ1) is 8.13. The summed E-state index contributed by atoms with van der Waals surface area (Å²) in [6.07, 6.45) is 2.36. The standard InChI is InChI=1S/C12H16BrNO3/c13-11-4-3-10(17-11)8-14-5-1-2-9(7-14)6-12(15)16/h3-4,9H,1-2,5-8H2,(H,15,16). The Labute approximate surface area is 109 Å². The molecule has 5 heteroatoms. The topological polar surface area (TPSA) is 53.7 Å². The van der Waals surface area contributed by atoms with Crippen LogP contribution >= 0.6 is 15.9 Å². The number of nitrogens with zero attached hydrogens (tertiary/aromatic N) is 1. The lowest BCUT2D eigenvalue weighted by Crippen LogP contribution is -2.35. The van der Waals surface area contributed by atoms with Gasteiger partial charge < -0.3 is 9.52 Å². The van der Waals surface area contributed by atoms with Crippen molar-refractivity contribution in [1.29, 1.82) is 0 Å². The van der Waals surface area contributed by atoms with Gasteiger partial charge in [-0.15, -0.1) is 0 Å². The highest BCUT2D eigenvalue weighted by molar-refractivity contribution is 9.10. The lowest BCUT2D eigenvalue weighted by molar-refractivity contribution is -0.138. The SMILES string of the molecule is O=C(O)CC1CCCN(Cc2ccc(Br)o2)C1. The second-order valence-electron chi connectivity index (χ2n) is 4.55. The molecule has 1 aromatic rings. The number of carbonyl (C=O) groups is 1. The molecule has 0 radical (unpaired) electrons. The van der Waals surface area contributed by atoms with Crippen LogP contribution in [-0.2, 0) is 11.3 Å². The monoisotopic (exact) mass is 301 g/mol. The van der Waals surface area contributed by atoms with E-state index < -0.39 is 5.97 Å². The van der Waals surface area contributed by atoms with Crippen molar-refractivity contribution in [3.63, 3.8) is 0 Å². The molecular formula is C12H16BrNO3. The molecule has 0 saturated carbocycles. The number of hydrogen-bond donors (Lipinski definition) is 1. The number of carboxylic acid groups (broad SMARTS) is 1. The van der Waals surface area contributed by atoms with E-state index in [0.717, 1.165) is 42.9 Å². The molecule has 0 spiro atoms. The Morgan fingerprint density at radius 2 is 2.41 bits per heavy atom. The summed E-state index contributed by atoms with van der Waals surface area (Å²) in [5.74, 6) is 0.505. The molecule has 17 heavy (non-hydrogen) atoms. The van der Waals surface area contributed by atoms with E-state index in [0.29, 0.717) is 0 Å². The van der Waals surface area contributed by atoms with Gasteiger partial charge in [0.2, 0.25) is 0 Å². The third-order valence-corrected chi connectivity index (χ3v) is 3.50. The predicted octanol–water partition coefficient (Wildman–Crippen LogP) is 2.73. The first kappa shape index (κ1) is 12.6. The van der Waals surface area contributed by atoms with Gasteiger partial charge in [0, 0.05) is 13.0 Å². The van der Waals surface area contributed by atoms with Crippen LogP contribution in [0.2, 0.25) is 0 Å². The van der Waals surface area contributed by atoms with Gasteiger partial charge in [-0.2, -0.15) is 0 Å². The molecule has 1 atom stereocenters. The first-order valence-electron chi connectivity index (χ1n) is 5.82. The molecule has 2 rings (SSSR count). The van der Waals surface area contributed by atoms with E-state index in [1.54, 1.807) is 0 Å². The number of piperidine rings is 1. The van der Waals surface area contributed by atoms with Gasteiger partial charge >= 0.3 is 5.97 Å². The van der Waals surface area contributed by atoms with Crippen molar-refractivity contribution in [3.05, 3.63) is 22.6 Å². The zero-order valence-corrected chi connectivity index (χ0v) is 11.1. The average Bonchev–Trinajstić information content (AvgIpc) is 2.63. The minimum Gasteiger partial charge on any atom is -0.481 e. The lowest BCUT2D eigenvalue weighted by atomic mass is 9.95. The first-order valence-corrected chi connectivity index (χ1v) is 6.61. The minimum absolute atomic E-state index is 0.276. The van der Waals surface area contributed by atoms with Crippen LogP contribution in [0.25, 0.3) is 0 Å². The summed E-state index contributed by atoms with van der Waals surface area (Å²) in [5, 5.41) is 8.80. The van der Waals surface area contributed by atoms with Gasteiger partial charge in [0.05, 0.1) is 6.54 Å². The van der Waals surface area contributed by atoms with Crippen molar-refractivity contribution in [2.75, 3.05) is 13.1 Å². The Balaban J connectivity index is 1.87. The van der Waals surface area contributed by atoms with Gasteiger partial charge in [0.15, 0.2) is 4.67 Å². The van der Waals surface area contributed by atoms with Crippen LogP contribution in [0.1, 0.15) is 25.0 Å². The molecule has 1 unspecified atom stereocenters. The number of rotatable bonds is 4. The summed E-state index contributed by atoms with van der Waals surface area (Å²) in [5.41, 5.74) is 0. The summed E-state index contributed by atoms with van der Waals surface area (Å²) in [7, 11) is 0. The van der Waals surface area contributed by atoms with E-state index in [2.05, 4.69) is 20.8 Å². The Morgan fingerprint density at radius 3 is 3.06 bits per heavy atom. The molecule has 0 bridgehead atoms. The number of halogens is 1. The summed E-state index contributed by atoms with van der Waals surface area (Å²) in [4.78, 5) is 13.0. The number of aliphatic carboxylic acids is 1. The summed E-state index contributed by atoms with van der Waals surface area (Å²) in [6.45, 7) is 2.64. The molecule has 2 heterocycles. The highest BCUT2D eigenvalue weighted by atomic mass is 79.9. The largest absolute Gasteiger partial charge is 0.481 e. The molecule has 0 aliphatic carbocycles. The average molecular weight is 302 g/mol. The van der Waals surface area contributed by atoms with E-state index in [-0.39, 0.29) is 12.3 Å². The maximum Gasteiger partial charge on any atom is 0.303 e. The fourth-order valence-electron chi connectivity index (χ4n) is 2.37. The van der Waals surface area contributed by atoms with Gasteiger partial charge in [-0.3, -0.25) is 9.69 Å². The van der Waals surface area contributed by atoms with Crippen molar-refractivity contribution in [1.82, 2.24) is 4.90 Å². The highest BCUT2D eigenvalue weighted by Crippen LogP contribution is 2.22. The molecule has 1 saturated heterocycles.